The number of halogens is 3. The van der Waals surface area contributed by atoms with Crippen LogP contribution < -0.4 is 4.72 Å². The summed E-state index contributed by atoms with van der Waals surface area (Å²) in [6.07, 6.45) is -5.92. The molecule has 0 spiro atoms. The summed E-state index contributed by atoms with van der Waals surface area (Å²) in [6.45, 7) is 0. The maximum absolute atomic E-state index is 13.2. The summed E-state index contributed by atoms with van der Waals surface area (Å²) in [5.41, 5.74) is -0.192. The summed E-state index contributed by atoms with van der Waals surface area (Å²) in [5, 5.41) is 11.6. The highest BCUT2D eigenvalue weighted by Gasteiger charge is 2.31. The molecule has 0 radical (unpaired) electrons. The van der Waals surface area contributed by atoms with Crippen LogP contribution in [0.15, 0.2) is 99.6 Å². The predicted molar refractivity (Wildman–Crippen MR) is 123 cm³/mol. The van der Waals surface area contributed by atoms with Crippen molar-refractivity contribution in [2.24, 2.45) is 0 Å². The molecule has 0 heterocycles. The van der Waals surface area contributed by atoms with Gasteiger partial charge in [-0.2, -0.15) is 13.2 Å². The molecule has 0 atom stereocenters. The second kappa shape index (κ2) is 8.99. The molecule has 2 N–H and O–H groups in total. The molecular formula is C24H18F3NO3S2. The van der Waals surface area contributed by atoms with Gasteiger partial charge in [-0.3, -0.25) is 4.72 Å². The Kier molecular flexibility index (Phi) is 6.27. The Balaban J connectivity index is 1.80. The Hall–Kier alpha value is -3.17. The molecule has 0 aromatic heterocycles. The number of sulfonamides is 1. The van der Waals surface area contributed by atoms with Gasteiger partial charge in [-0.15, -0.1) is 0 Å². The topological polar surface area (TPSA) is 66.4 Å². The number of hydrogen-bond acceptors (Lipinski definition) is 4. The Morgan fingerprint density at radius 1 is 0.848 bits per heavy atom. The highest BCUT2D eigenvalue weighted by molar-refractivity contribution is 7.99. The number of benzene rings is 4. The van der Waals surface area contributed by atoms with Crippen LogP contribution >= 0.6 is 11.8 Å². The predicted octanol–water partition coefficient (Wildman–Crippen LogP) is 6.60. The minimum absolute atomic E-state index is 0.0140. The van der Waals surface area contributed by atoms with Gasteiger partial charge in [0.25, 0.3) is 10.0 Å². The number of rotatable bonds is 6. The maximum Gasteiger partial charge on any atom is 0.393 e. The van der Waals surface area contributed by atoms with E-state index in [1.807, 2.05) is 30.3 Å². The van der Waals surface area contributed by atoms with Gasteiger partial charge in [0.2, 0.25) is 0 Å². The van der Waals surface area contributed by atoms with Crippen LogP contribution in [0.4, 0.5) is 18.9 Å². The van der Waals surface area contributed by atoms with Gasteiger partial charge in [-0.25, -0.2) is 8.42 Å². The zero-order valence-electron chi connectivity index (χ0n) is 17.0. The molecule has 33 heavy (non-hydrogen) atoms. The van der Waals surface area contributed by atoms with Crippen LogP contribution in [-0.2, 0) is 16.4 Å². The van der Waals surface area contributed by atoms with E-state index in [1.165, 1.54) is 30.0 Å². The van der Waals surface area contributed by atoms with E-state index in [4.69, 9.17) is 0 Å². The van der Waals surface area contributed by atoms with Gasteiger partial charge in [0, 0.05) is 15.7 Å². The van der Waals surface area contributed by atoms with E-state index in [1.54, 1.807) is 24.3 Å². The summed E-state index contributed by atoms with van der Waals surface area (Å²) >= 11 is 1.24. The molecule has 4 nitrogen and oxygen atoms in total. The molecule has 0 saturated carbocycles. The largest absolute Gasteiger partial charge is 0.506 e. The molecule has 0 bridgehead atoms. The highest BCUT2D eigenvalue weighted by atomic mass is 32.2. The lowest BCUT2D eigenvalue weighted by Crippen LogP contribution is -2.19. The van der Waals surface area contributed by atoms with Crippen LogP contribution in [-0.4, -0.2) is 19.7 Å². The van der Waals surface area contributed by atoms with Gasteiger partial charge in [0.05, 0.1) is 21.9 Å². The molecule has 0 aliphatic rings. The lowest BCUT2D eigenvalue weighted by Gasteiger charge is -2.17. The fraction of sp³-hybridized carbons (Fsp3) is 0.0833. The molecular weight excluding hydrogens is 471 g/mol. The average molecular weight is 490 g/mol. The fourth-order valence-electron chi connectivity index (χ4n) is 3.44. The fourth-order valence-corrected chi connectivity index (χ4v) is 5.68. The third kappa shape index (κ3) is 5.26. The lowest BCUT2D eigenvalue weighted by atomic mass is 10.1. The van der Waals surface area contributed by atoms with Gasteiger partial charge in [-0.05, 0) is 29.8 Å². The molecule has 0 amide bonds. The van der Waals surface area contributed by atoms with Crippen molar-refractivity contribution in [3.63, 3.8) is 0 Å². The summed E-state index contributed by atoms with van der Waals surface area (Å²) in [4.78, 5) is 0.783. The Morgan fingerprint density at radius 3 is 2.15 bits per heavy atom. The van der Waals surface area contributed by atoms with Crippen LogP contribution in [0.3, 0.4) is 0 Å². The van der Waals surface area contributed by atoms with Crippen molar-refractivity contribution < 1.29 is 26.7 Å². The first-order valence-electron chi connectivity index (χ1n) is 9.79. The third-order valence-electron chi connectivity index (χ3n) is 4.85. The first-order valence-corrected chi connectivity index (χ1v) is 12.1. The number of phenolic OH excluding ortho intramolecular Hbond substituents is 1. The Morgan fingerprint density at radius 2 is 1.45 bits per heavy atom. The van der Waals surface area contributed by atoms with Crippen molar-refractivity contribution in [1.82, 2.24) is 0 Å². The van der Waals surface area contributed by atoms with Gasteiger partial charge in [0.15, 0.2) is 0 Å². The first-order chi connectivity index (χ1) is 15.6. The summed E-state index contributed by atoms with van der Waals surface area (Å²) < 4.78 is 67.8. The molecule has 4 aromatic carbocycles. The number of phenols is 1. The Labute approximate surface area is 193 Å². The van der Waals surface area contributed by atoms with Crippen molar-refractivity contribution in [3.05, 3.63) is 90.5 Å². The molecule has 0 aliphatic carbocycles. The monoisotopic (exact) mass is 489 g/mol. The molecule has 0 saturated heterocycles. The van der Waals surface area contributed by atoms with Crippen molar-refractivity contribution in [2.45, 2.75) is 27.3 Å². The maximum atomic E-state index is 13.2. The Bertz CT molecular complexity index is 1410. The molecule has 4 rings (SSSR count). The summed E-state index contributed by atoms with van der Waals surface area (Å²) in [7, 11) is -4.35. The second-order valence-electron chi connectivity index (χ2n) is 7.24. The van der Waals surface area contributed by atoms with Gasteiger partial charge in [0.1, 0.15) is 5.75 Å². The van der Waals surface area contributed by atoms with E-state index in [0.29, 0.717) is 15.7 Å². The number of fused-ring (bicyclic) bond motifs is 1. The van der Waals surface area contributed by atoms with Crippen molar-refractivity contribution in [1.29, 1.82) is 0 Å². The standard InChI is InChI=1S/C24H18F3NO3S2/c25-24(26,27)15-16-8-4-7-13-22(16)33(30,31)28-20-14-21(32-17-9-2-1-3-10-17)23(29)19-12-6-5-11-18(19)20/h1-14,28-29H,15H2. The lowest BCUT2D eigenvalue weighted by molar-refractivity contribution is -0.127. The summed E-state index contributed by atoms with van der Waals surface area (Å²) in [5.74, 6) is -0.0140. The summed E-state index contributed by atoms with van der Waals surface area (Å²) in [6, 6.07) is 22.4. The van der Waals surface area contributed by atoms with E-state index in [0.717, 1.165) is 17.0 Å². The van der Waals surface area contributed by atoms with Crippen molar-refractivity contribution >= 4 is 38.2 Å². The molecule has 170 valence electrons. The van der Waals surface area contributed by atoms with Crippen LogP contribution in [0.2, 0.25) is 0 Å². The van der Waals surface area contributed by atoms with Crippen LogP contribution in [0.25, 0.3) is 10.8 Å². The number of alkyl halides is 3. The number of nitrogens with one attached hydrogen (secondary N) is 1. The SMILES string of the molecule is O=S(=O)(Nc1cc(Sc2ccccc2)c(O)c2ccccc12)c1ccccc1CC(F)(F)F. The number of aromatic hydroxyl groups is 1. The normalized spacial score (nSPS) is 12.1. The molecule has 0 fully saturated rings. The van der Waals surface area contributed by atoms with E-state index in [9.17, 15) is 26.7 Å². The van der Waals surface area contributed by atoms with Crippen molar-refractivity contribution in [2.75, 3.05) is 4.72 Å². The van der Waals surface area contributed by atoms with Crippen LogP contribution in [0.1, 0.15) is 5.56 Å². The third-order valence-corrected chi connectivity index (χ3v) is 7.35. The van der Waals surface area contributed by atoms with Crippen LogP contribution in [0, 0.1) is 0 Å². The molecule has 9 heteroatoms. The van der Waals surface area contributed by atoms with E-state index < -0.39 is 27.5 Å². The first kappa shape index (κ1) is 23.0. The second-order valence-corrected chi connectivity index (χ2v) is 10.0. The van der Waals surface area contributed by atoms with Gasteiger partial charge in [-0.1, -0.05) is 72.4 Å². The van der Waals surface area contributed by atoms with E-state index in [-0.39, 0.29) is 17.0 Å². The van der Waals surface area contributed by atoms with Gasteiger partial charge >= 0.3 is 6.18 Å². The zero-order chi connectivity index (χ0) is 23.6. The number of anilines is 1. The van der Waals surface area contributed by atoms with E-state index in [2.05, 4.69) is 4.72 Å². The molecule has 0 aliphatic heterocycles. The van der Waals surface area contributed by atoms with Gasteiger partial charge < -0.3 is 5.11 Å². The smallest absolute Gasteiger partial charge is 0.393 e. The van der Waals surface area contributed by atoms with Crippen LogP contribution in [0.5, 0.6) is 5.75 Å². The minimum atomic E-state index is -4.56. The quantitative estimate of drug-likeness (QED) is 0.300. The average Bonchev–Trinajstić information content (AvgIpc) is 2.77. The zero-order valence-corrected chi connectivity index (χ0v) is 18.6. The number of hydrogen-bond donors (Lipinski definition) is 2. The minimum Gasteiger partial charge on any atom is -0.506 e. The molecule has 0 unspecified atom stereocenters. The molecule has 4 aromatic rings. The van der Waals surface area contributed by atoms with E-state index >= 15 is 0 Å². The van der Waals surface area contributed by atoms with Crippen molar-refractivity contribution in [3.8, 4) is 5.75 Å². The highest BCUT2D eigenvalue weighted by Crippen LogP contribution is 2.43.